The zero-order valence-corrected chi connectivity index (χ0v) is 10.7. The summed E-state index contributed by atoms with van der Waals surface area (Å²) in [6.45, 7) is 6.99. The van der Waals surface area contributed by atoms with Gasteiger partial charge in [-0.05, 0) is 27.7 Å². The number of ether oxygens (including phenoxy) is 1. The summed E-state index contributed by atoms with van der Waals surface area (Å²) in [7, 11) is 0. The molecule has 0 radical (unpaired) electrons. The van der Waals surface area contributed by atoms with Crippen LogP contribution >= 0.6 is 11.8 Å². The normalized spacial score (nSPS) is 30.1. The van der Waals surface area contributed by atoms with Gasteiger partial charge in [0.05, 0.1) is 0 Å². The number of nitrogens with one attached hydrogen (secondary N) is 1. The lowest BCUT2D eigenvalue weighted by atomic mass is 10.2. The van der Waals surface area contributed by atoms with Crippen molar-refractivity contribution in [1.29, 1.82) is 0 Å². The minimum atomic E-state index is -0.962. The number of carboxylic acid groups (broad SMARTS) is 1. The van der Waals surface area contributed by atoms with Crippen LogP contribution in [0, 0.1) is 0 Å². The molecule has 6 heteroatoms. The van der Waals surface area contributed by atoms with E-state index in [1.54, 1.807) is 27.7 Å². The molecule has 92 valence electrons. The first kappa shape index (κ1) is 13.3. The van der Waals surface area contributed by atoms with E-state index in [1.807, 2.05) is 0 Å². The number of thioether (sulfide) groups is 1. The zero-order chi connectivity index (χ0) is 12.6. The van der Waals surface area contributed by atoms with Gasteiger partial charge in [0, 0.05) is 5.75 Å². The molecule has 1 heterocycles. The molecule has 2 atom stereocenters. The lowest BCUT2D eigenvalue weighted by Gasteiger charge is -2.27. The Kier molecular flexibility index (Phi) is 3.54. The van der Waals surface area contributed by atoms with Crippen molar-refractivity contribution in [1.82, 2.24) is 5.32 Å². The van der Waals surface area contributed by atoms with E-state index in [0.717, 1.165) is 0 Å². The molecule has 1 fully saturated rings. The van der Waals surface area contributed by atoms with Crippen LogP contribution in [-0.4, -0.2) is 39.3 Å². The third kappa shape index (κ3) is 3.12. The fraction of sp³-hybridized carbons (Fsp3) is 0.800. The first-order valence-electron chi connectivity index (χ1n) is 5.02. The topological polar surface area (TPSA) is 75.6 Å². The van der Waals surface area contributed by atoms with Gasteiger partial charge in [0.2, 0.25) is 0 Å². The molecule has 1 unspecified atom stereocenters. The molecule has 2 N–H and O–H groups in total. The maximum Gasteiger partial charge on any atom is 0.337 e. The van der Waals surface area contributed by atoms with Crippen molar-refractivity contribution in [2.75, 3.05) is 5.75 Å². The van der Waals surface area contributed by atoms with Gasteiger partial charge in [0.15, 0.2) is 4.87 Å². The third-order valence-corrected chi connectivity index (χ3v) is 3.44. The summed E-state index contributed by atoms with van der Waals surface area (Å²) in [6.07, 6.45) is 0. The van der Waals surface area contributed by atoms with Crippen molar-refractivity contribution in [3.8, 4) is 0 Å². The van der Waals surface area contributed by atoms with Gasteiger partial charge in [-0.2, -0.15) is 0 Å². The van der Waals surface area contributed by atoms with Crippen LogP contribution in [0.2, 0.25) is 0 Å². The van der Waals surface area contributed by atoms with Crippen LogP contribution in [0.4, 0.5) is 0 Å². The fourth-order valence-corrected chi connectivity index (χ4v) is 2.40. The van der Waals surface area contributed by atoms with Crippen molar-refractivity contribution < 1.29 is 19.4 Å². The molecule has 0 spiro atoms. The first-order valence-corrected chi connectivity index (χ1v) is 6.00. The predicted octanol–water partition coefficient (Wildman–Crippen LogP) is 0.834. The van der Waals surface area contributed by atoms with E-state index >= 15 is 0 Å². The highest BCUT2D eigenvalue weighted by Gasteiger charge is 2.46. The van der Waals surface area contributed by atoms with Crippen molar-refractivity contribution in [2.24, 2.45) is 0 Å². The van der Waals surface area contributed by atoms with E-state index in [0.29, 0.717) is 5.75 Å². The van der Waals surface area contributed by atoms with Crippen molar-refractivity contribution in [3.05, 3.63) is 0 Å². The second kappa shape index (κ2) is 4.25. The Morgan fingerprint density at radius 3 is 2.44 bits per heavy atom. The van der Waals surface area contributed by atoms with E-state index in [2.05, 4.69) is 5.32 Å². The second-order valence-electron chi connectivity index (χ2n) is 4.88. The van der Waals surface area contributed by atoms with E-state index in [-0.39, 0.29) is 0 Å². The molecular weight excluding hydrogens is 230 g/mol. The Labute approximate surface area is 98.9 Å². The first-order chi connectivity index (χ1) is 7.14. The number of carbonyl (C=O) groups excluding carboxylic acids is 1. The van der Waals surface area contributed by atoms with E-state index in [9.17, 15) is 9.59 Å². The lowest BCUT2D eigenvalue weighted by Crippen LogP contribution is -2.50. The largest absolute Gasteiger partial charge is 0.480 e. The molecule has 1 aliphatic rings. The highest BCUT2D eigenvalue weighted by atomic mass is 32.2. The number of carboxylic acids is 1. The fourth-order valence-electron chi connectivity index (χ4n) is 1.29. The molecular formula is C10H17NO4S. The van der Waals surface area contributed by atoms with Gasteiger partial charge in [0.1, 0.15) is 11.6 Å². The van der Waals surface area contributed by atoms with Crippen LogP contribution in [0.25, 0.3) is 0 Å². The molecule has 0 aliphatic carbocycles. The second-order valence-corrected chi connectivity index (χ2v) is 6.32. The van der Waals surface area contributed by atoms with Gasteiger partial charge >= 0.3 is 11.9 Å². The maximum absolute atomic E-state index is 11.9. The molecule has 0 amide bonds. The van der Waals surface area contributed by atoms with Crippen LogP contribution in [0.1, 0.15) is 27.7 Å². The highest BCUT2D eigenvalue weighted by molar-refractivity contribution is 8.01. The number of aliphatic carboxylic acids is 1. The SMILES string of the molecule is CC(C)(C)OC(=O)C1(C)N[C@H](C(=O)O)CS1. The minimum absolute atomic E-state index is 0.366. The molecule has 1 aliphatic heterocycles. The van der Waals surface area contributed by atoms with Crippen LogP contribution in [0.5, 0.6) is 0 Å². The number of esters is 1. The van der Waals surface area contributed by atoms with E-state index in [4.69, 9.17) is 9.84 Å². The molecule has 1 saturated heterocycles. The number of hydrogen-bond acceptors (Lipinski definition) is 5. The van der Waals surface area contributed by atoms with Crippen molar-refractivity contribution in [2.45, 2.75) is 44.2 Å². The third-order valence-electron chi connectivity index (χ3n) is 2.07. The Morgan fingerprint density at radius 1 is 1.50 bits per heavy atom. The average Bonchev–Trinajstić information content (AvgIpc) is 2.46. The summed E-state index contributed by atoms with van der Waals surface area (Å²) in [6, 6.07) is -0.692. The number of carbonyl (C=O) groups is 2. The number of rotatable bonds is 2. The summed E-state index contributed by atoms with van der Waals surface area (Å²) in [4.78, 5) is 21.7. The van der Waals surface area contributed by atoms with Gasteiger partial charge in [-0.25, -0.2) is 4.79 Å². The minimum Gasteiger partial charge on any atom is -0.480 e. The molecule has 1 rings (SSSR count). The quantitative estimate of drug-likeness (QED) is 0.704. The standard InChI is InChI=1S/C10H17NO4S/c1-9(2,3)15-8(14)10(4)11-6(5-16-10)7(12)13/h6,11H,5H2,1-4H3,(H,12,13)/t6-,10?/m0/s1. The van der Waals surface area contributed by atoms with Crippen molar-refractivity contribution >= 4 is 23.7 Å². The molecule has 0 saturated carbocycles. The Balaban J connectivity index is 2.67. The van der Waals surface area contributed by atoms with Crippen LogP contribution < -0.4 is 5.32 Å². The van der Waals surface area contributed by atoms with Gasteiger partial charge in [0.25, 0.3) is 0 Å². The summed E-state index contributed by atoms with van der Waals surface area (Å²) in [5, 5.41) is 11.6. The van der Waals surface area contributed by atoms with Crippen LogP contribution in [-0.2, 0) is 14.3 Å². The summed E-state index contributed by atoms with van der Waals surface area (Å²) < 4.78 is 5.24. The van der Waals surface area contributed by atoms with Crippen LogP contribution in [0.15, 0.2) is 0 Å². The highest BCUT2D eigenvalue weighted by Crippen LogP contribution is 2.32. The Morgan fingerprint density at radius 2 is 2.06 bits per heavy atom. The average molecular weight is 247 g/mol. The summed E-state index contributed by atoms with van der Waals surface area (Å²) >= 11 is 1.26. The smallest absolute Gasteiger partial charge is 0.337 e. The number of hydrogen-bond donors (Lipinski definition) is 2. The zero-order valence-electron chi connectivity index (χ0n) is 9.86. The van der Waals surface area contributed by atoms with Gasteiger partial charge in [-0.3, -0.25) is 10.1 Å². The molecule has 0 bridgehead atoms. The van der Waals surface area contributed by atoms with E-state index in [1.165, 1.54) is 11.8 Å². The van der Waals surface area contributed by atoms with Gasteiger partial charge in [-0.1, -0.05) is 0 Å². The van der Waals surface area contributed by atoms with Gasteiger partial charge in [-0.15, -0.1) is 11.8 Å². The molecule has 16 heavy (non-hydrogen) atoms. The summed E-state index contributed by atoms with van der Waals surface area (Å²) in [5.74, 6) is -1.00. The lowest BCUT2D eigenvalue weighted by molar-refractivity contribution is -0.158. The summed E-state index contributed by atoms with van der Waals surface area (Å²) in [5.41, 5.74) is -0.566. The van der Waals surface area contributed by atoms with Crippen LogP contribution in [0.3, 0.4) is 0 Å². The maximum atomic E-state index is 11.9. The Bertz CT molecular complexity index is 312. The van der Waals surface area contributed by atoms with E-state index < -0.39 is 28.5 Å². The molecule has 0 aromatic heterocycles. The van der Waals surface area contributed by atoms with Crippen molar-refractivity contribution in [3.63, 3.8) is 0 Å². The molecule has 5 nitrogen and oxygen atoms in total. The molecule has 0 aromatic rings. The monoisotopic (exact) mass is 247 g/mol. The van der Waals surface area contributed by atoms with Gasteiger partial charge < -0.3 is 9.84 Å². The predicted molar refractivity (Wildman–Crippen MR) is 61.3 cm³/mol. The molecule has 0 aromatic carbocycles. The Hall–Kier alpha value is -0.750.